The number of benzene rings is 2. The first kappa shape index (κ1) is 17.6. The maximum Gasteiger partial charge on any atom is 0.211 e. The number of carbonyl (C=O) groups is 1. The van der Waals surface area contributed by atoms with Gasteiger partial charge in [-0.1, -0.05) is 48.0 Å². The second-order valence-corrected chi connectivity index (χ2v) is 5.61. The number of ether oxygens (including phenoxy) is 1. The van der Waals surface area contributed by atoms with Gasteiger partial charge in [-0.05, 0) is 31.2 Å². The highest BCUT2D eigenvalue weighted by Crippen LogP contribution is 2.31. The third kappa shape index (κ3) is 4.40. The number of carbonyl (C=O) groups excluding carboxylic acids is 1. The van der Waals surface area contributed by atoms with Crippen molar-refractivity contribution in [3.05, 3.63) is 77.7 Å². The molecule has 2 aromatic rings. The minimum absolute atomic E-state index is 0.524. The van der Waals surface area contributed by atoms with Gasteiger partial charge in [-0.3, -0.25) is 4.79 Å². The van der Waals surface area contributed by atoms with Crippen molar-refractivity contribution >= 4 is 29.4 Å². The minimum Gasteiger partial charge on any atom is -0.439 e. The normalized spacial score (nSPS) is 10.9. The highest BCUT2D eigenvalue weighted by molar-refractivity contribution is 6.33. The fourth-order valence-electron chi connectivity index (χ4n) is 2.10. The molecule has 0 aliphatic carbocycles. The molecular formula is C19H19ClN2O2. The lowest BCUT2D eigenvalue weighted by Gasteiger charge is -2.24. The molecule has 0 saturated heterocycles. The van der Waals surface area contributed by atoms with E-state index in [0.29, 0.717) is 28.8 Å². The van der Waals surface area contributed by atoms with Crippen molar-refractivity contribution < 1.29 is 9.53 Å². The summed E-state index contributed by atoms with van der Waals surface area (Å²) in [6, 6.07) is 14.7. The Kier molecular flexibility index (Phi) is 6.04. The van der Waals surface area contributed by atoms with Crippen LogP contribution in [0.1, 0.15) is 6.92 Å². The zero-order chi connectivity index (χ0) is 17.5. The molecule has 0 aliphatic rings. The standard InChI is InChI=1S/C19H19ClN2O2/c1-14(2)12-19(22(3)17-10-6-4-8-15(17)20)24-18-11-7-5-9-16(18)21-13-23/h4-13H,1H2,2-3H3,(H,21,23)/b19-12+. The largest absolute Gasteiger partial charge is 0.439 e. The van der Waals surface area contributed by atoms with Crippen LogP contribution in [0, 0.1) is 0 Å². The third-order valence-corrected chi connectivity index (χ3v) is 3.55. The number of halogens is 1. The Morgan fingerprint density at radius 1 is 1.21 bits per heavy atom. The van der Waals surface area contributed by atoms with Crippen molar-refractivity contribution in [2.75, 3.05) is 17.3 Å². The average Bonchev–Trinajstić information content (AvgIpc) is 2.55. The maximum absolute atomic E-state index is 10.8. The lowest BCUT2D eigenvalue weighted by Crippen LogP contribution is -2.21. The van der Waals surface area contributed by atoms with Gasteiger partial charge in [-0.15, -0.1) is 0 Å². The molecule has 1 amide bonds. The number of para-hydroxylation sites is 3. The fourth-order valence-corrected chi connectivity index (χ4v) is 2.36. The highest BCUT2D eigenvalue weighted by Gasteiger charge is 2.14. The van der Waals surface area contributed by atoms with Crippen molar-refractivity contribution in [3.8, 4) is 5.75 Å². The number of hydrogen-bond donors (Lipinski definition) is 1. The van der Waals surface area contributed by atoms with Crippen LogP contribution >= 0.6 is 11.6 Å². The van der Waals surface area contributed by atoms with Crippen LogP contribution in [-0.4, -0.2) is 13.5 Å². The summed E-state index contributed by atoms with van der Waals surface area (Å²) < 4.78 is 6.03. The van der Waals surface area contributed by atoms with E-state index in [-0.39, 0.29) is 0 Å². The molecule has 1 N–H and O–H groups in total. The molecule has 0 aliphatic heterocycles. The molecule has 0 aromatic heterocycles. The van der Waals surface area contributed by atoms with Crippen molar-refractivity contribution in [1.82, 2.24) is 0 Å². The van der Waals surface area contributed by atoms with Crippen LogP contribution < -0.4 is 15.0 Å². The van der Waals surface area contributed by atoms with E-state index in [1.54, 1.807) is 18.2 Å². The number of nitrogens with zero attached hydrogens (tertiary/aromatic N) is 1. The Labute approximate surface area is 147 Å². The van der Waals surface area contributed by atoms with Gasteiger partial charge in [-0.2, -0.15) is 0 Å². The quantitative estimate of drug-likeness (QED) is 0.444. The van der Waals surface area contributed by atoms with Gasteiger partial charge in [0.2, 0.25) is 12.3 Å². The van der Waals surface area contributed by atoms with Crippen molar-refractivity contribution in [2.24, 2.45) is 0 Å². The lowest BCUT2D eigenvalue weighted by molar-refractivity contribution is -0.105. The summed E-state index contributed by atoms with van der Waals surface area (Å²) in [5.41, 5.74) is 2.20. The Hall–Kier alpha value is -2.72. The van der Waals surface area contributed by atoms with Crippen LogP contribution in [-0.2, 0) is 4.79 Å². The molecule has 0 unspecified atom stereocenters. The van der Waals surface area contributed by atoms with Gasteiger partial charge in [-0.25, -0.2) is 0 Å². The van der Waals surface area contributed by atoms with Gasteiger partial charge >= 0.3 is 0 Å². The molecule has 4 nitrogen and oxygen atoms in total. The first-order chi connectivity index (χ1) is 11.5. The monoisotopic (exact) mass is 342 g/mol. The first-order valence-electron chi connectivity index (χ1n) is 7.35. The predicted molar refractivity (Wildman–Crippen MR) is 99.5 cm³/mol. The molecule has 2 rings (SSSR count). The van der Waals surface area contributed by atoms with Gasteiger partial charge in [0.1, 0.15) is 0 Å². The number of rotatable bonds is 7. The summed E-state index contributed by atoms with van der Waals surface area (Å²) in [6.07, 6.45) is 2.42. The van der Waals surface area contributed by atoms with E-state index in [1.165, 1.54) is 0 Å². The van der Waals surface area contributed by atoms with E-state index in [9.17, 15) is 4.79 Å². The van der Waals surface area contributed by atoms with E-state index >= 15 is 0 Å². The molecule has 0 bridgehead atoms. The van der Waals surface area contributed by atoms with E-state index < -0.39 is 0 Å². The number of allylic oxidation sites excluding steroid dienone is 2. The summed E-state index contributed by atoms with van der Waals surface area (Å²) in [6.45, 7) is 5.78. The second-order valence-electron chi connectivity index (χ2n) is 5.20. The van der Waals surface area contributed by atoms with E-state index in [2.05, 4.69) is 11.9 Å². The molecule has 0 fully saturated rings. The Balaban J connectivity index is 2.39. The topological polar surface area (TPSA) is 41.6 Å². The smallest absolute Gasteiger partial charge is 0.211 e. The highest BCUT2D eigenvalue weighted by atomic mass is 35.5. The van der Waals surface area contributed by atoms with Crippen LogP contribution in [0.25, 0.3) is 0 Å². The van der Waals surface area contributed by atoms with Crippen LogP contribution in [0.4, 0.5) is 11.4 Å². The summed E-state index contributed by atoms with van der Waals surface area (Å²) in [5, 5.41) is 3.23. The van der Waals surface area contributed by atoms with E-state index in [0.717, 1.165) is 11.3 Å². The predicted octanol–water partition coefficient (Wildman–Crippen LogP) is 4.84. The van der Waals surface area contributed by atoms with Gasteiger partial charge in [0.15, 0.2) is 5.75 Å². The lowest BCUT2D eigenvalue weighted by atomic mass is 10.2. The second kappa shape index (κ2) is 8.22. The summed E-state index contributed by atoms with van der Waals surface area (Å²) >= 11 is 6.28. The molecular weight excluding hydrogens is 324 g/mol. The van der Waals surface area contributed by atoms with Crippen LogP contribution in [0.2, 0.25) is 5.02 Å². The summed E-state index contributed by atoms with van der Waals surface area (Å²) in [7, 11) is 1.85. The molecule has 0 spiro atoms. The average molecular weight is 343 g/mol. The van der Waals surface area contributed by atoms with Crippen LogP contribution in [0.5, 0.6) is 5.75 Å². The van der Waals surface area contributed by atoms with Crippen LogP contribution in [0.3, 0.4) is 0 Å². The number of anilines is 2. The maximum atomic E-state index is 10.8. The molecule has 0 radical (unpaired) electrons. The molecule has 0 atom stereocenters. The molecule has 0 heterocycles. The number of amides is 1. The van der Waals surface area contributed by atoms with Crippen molar-refractivity contribution in [3.63, 3.8) is 0 Å². The van der Waals surface area contributed by atoms with Crippen molar-refractivity contribution in [2.45, 2.75) is 6.92 Å². The Morgan fingerprint density at radius 3 is 2.54 bits per heavy atom. The van der Waals surface area contributed by atoms with Gasteiger partial charge in [0, 0.05) is 13.1 Å². The van der Waals surface area contributed by atoms with Gasteiger partial charge < -0.3 is 15.0 Å². The zero-order valence-electron chi connectivity index (χ0n) is 13.6. The number of nitrogens with one attached hydrogen (secondary N) is 1. The molecule has 124 valence electrons. The summed E-state index contributed by atoms with van der Waals surface area (Å²) in [4.78, 5) is 12.6. The summed E-state index contributed by atoms with van der Waals surface area (Å²) in [5.74, 6) is 1.06. The molecule has 0 saturated carbocycles. The Morgan fingerprint density at radius 2 is 1.88 bits per heavy atom. The van der Waals surface area contributed by atoms with Gasteiger partial charge in [0.25, 0.3) is 0 Å². The number of hydrogen-bond acceptors (Lipinski definition) is 3. The Bertz CT molecular complexity index is 771. The minimum atomic E-state index is 0.524. The van der Waals surface area contributed by atoms with Crippen LogP contribution in [0.15, 0.2) is 72.6 Å². The molecule has 24 heavy (non-hydrogen) atoms. The van der Waals surface area contributed by atoms with E-state index in [4.69, 9.17) is 16.3 Å². The zero-order valence-corrected chi connectivity index (χ0v) is 14.4. The molecule has 5 heteroatoms. The van der Waals surface area contributed by atoms with Crippen molar-refractivity contribution in [1.29, 1.82) is 0 Å². The van der Waals surface area contributed by atoms with Gasteiger partial charge in [0.05, 0.1) is 16.4 Å². The van der Waals surface area contributed by atoms with E-state index in [1.807, 2.05) is 55.3 Å². The SMILES string of the molecule is C=C(C)/C=C(/Oc1ccccc1NC=O)N(C)c1ccccc1Cl. The first-order valence-corrected chi connectivity index (χ1v) is 7.73. The molecule has 2 aromatic carbocycles. The fraction of sp³-hybridized carbons (Fsp3) is 0.105. The third-order valence-electron chi connectivity index (χ3n) is 3.23.